The van der Waals surface area contributed by atoms with Gasteiger partial charge in [0.1, 0.15) is 0 Å². The summed E-state index contributed by atoms with van der Waals surface area (Å²) in [5.74, 6) is -0.0991. The first kappa shape index (κ1) is 17.6. The third kappa shape index (κ3) is 6.24. The Morgan fingerprint density at radius 1 is 1.29 bits per heavy atom. The van der Waals surface area contributed by atoms with Crippen molar-refractivity contribution in [3.8, 4) is 0 Å². The van der Waals surface area contributed by atoms with E-state index < -0.39 is 10.0 Å². The van der Waals surface area contributed by atoms with Gasteiger partial charge >= 0.3 is 0 Å². The molecule has 1 atom stereocenters. The molecule has 6 nitrogen and oxygen atoms in total. The van der Waals surface area contributed by atoms with Gasteiger partial charge in [-0.1, -0.05) is 6.92 Å². The van der Waals surface area contributed by atoms with Gasteiger partial charge in [0.2, 0.25) is 15.9 Å². The number of sulfonamides is 1. The minimum absolute atomic E-state index is 0.0911. The van der Waals surface area contributed by atoms with E-state index in [0.29, 0.717) is 18.7 Å². The third-order valence-electron chi connectivity index (χ3n) is 2.85. The van der Waals surface area contributed by atoms with Gasteiger partial charge in [-0.2, -0.15) is 0 Å². The lowest BCUT2D eigenvalue weighted by molar-refractivity contribution is -0.116. The lowest BCUT2D eigenvalue weighted by Gasteiger charge is -2.08. The average molecular weight is 313 g/mol. The summed E-state index contributed by atoms with van der Waals surface area (Å²) in [5.41, 5.74) is 6.20. The maximum atomic E-state index is 11.8. The standard InChI is InChI=1S/C14H23N3O3S/c1-3-16-21(19,20)13-9-7-12(8-10-13)17-14(18)6-4-5-11(2)15/h7-11,16H,3-6,15H2,1-2H3,(H,17,18). The van der Waals surface area contributed by atoms with E-state index >= 15 is 0 Å². The van der Waals surface area contributed by atoms with Gasteiger partial charge in [-0.25, -0.2) is 13.1 Å². The molecule has 1 amide bonds. The van der Waals surface area contributed by atoms with Gasteiger partial charge in [-0.15, -0.1) is 0 Å². The molecule has 0 aromatic heterocycles. The zero-order valence-electron chi connectivity index (χ0n) is 12.4. The van der Waals surface area contributed by atoms with Crippen LogP contribution in [0.25, 0.3) is 0 Å². The van der Waals surface area contributed by atoms with Crippen LogP contribution in [0, 0.1) is 0 Å². The summed E-state index contributed by atoms with van der Waals surface area (Å²) in [6, 6.07) is 6.18. The van der Waals surface area contributed by atoms with Gasteiger partial charge in [-0.05, 0) is 44.0 Å². The molecule has 0 saturated carbocycles. The summed E-state index contributed by atoms with van der Waals surface area (Å²) in [5, 5.41) is 2.73. The summed E-state index contributed by atoms with van der Waals surface area (Å²) in [6.07, 6.45) is 1.93. The molecule has 1 aromatic carbocycles. The number of carbonyl (C=O) groups is 1. The molecule has 0 radical (unpaired) electrons. The molecule has 118 valence electrons. The highest BCUT2D eigenvalue weighted by molar-refractivity contribution is 7.89. The first-order valence-corrected chi connectivity index (χ1v) is 8.48. The maximum absolute atomic E-state index is 11.8. The number of nitrogens with one attached hydrogen (secondary N) is 2. The number of hydrogen-bond acceptors (Lipinski definition) is 4. The highest BCUT2D eigenvalue weighted by atomic mass is 32.2. The maximum Gasteiger partial charge on any atom is 0.240 e. The molecule has 0 aliphatic carbocycles. The smallest absolute Gasteiger partial charge is 0.240 e. The molecule has 1 rings (SSSR count). The van der Waals surface area contributed by atoms with Crippen LogP contribution in [0.4, 0.5) is 5.69 Å². The lowest BCUT2D eigenvalue weighted by Crippen LogP contribution is -2.23. The minimum Gasteiger partial charge on any atom is -0.328 e. The van der Waals surface area contributed by atoms with Crippen LogP contribution in [0.15, 0.2) is 29.2 Å². The first-order valence-electron chi connectivity index (χ1n) is 7.00. The molecule has 7 heteroatoms. The molecule has 0 bridgehead atoms. The van der Waals surface area contributed by atoms with Crippen molar-refractivity contribution in [3.63, 3.8) is 0 Å². The van der Waals surface area contributed by atoms with E-state index in [2.05, 4.69) is 10.0 Å². The summed E-state index contributed by atoms with van der Waals surface area (Å²) in [4.78, 5) is 11.9. The topological polar surface area (TPSA) is 101 Å². The van der Waals surface area contributed by atoms with E-state index in [-0.39, 0.29) is 16.8 Å². The molecule has 4 N–H and O–H groups in total. The highest BCUT2D eigenvalue weighted by Gasteiger charge is 2.12. The van der Waals surface area contributed by atoms with E-state index in [9.17, 15) is 13.2 Å². The zero-order valence-corrected chi connectivity index (χ0v) is 13.2. The molecule has 0 aliphatic heterocycles. The van der Waals surface area contributed by atoms with Crippen molar-refractivity contribution in [1.82, 2.24) is 4.72 Å². The van der Waals surface area contributed by atoms with E-state index in [1.807, 2.05) is 6.92 Å². The van der Waals surface area contributed by atoms with Crippen molar-refractivity contribution < 1.29 is 13.2 Å². The Labute approximate surface area is 126 Å². The molecule has 1 aromatic rings. The molecular weight excluding hydrogens is 290 g/mol. The van der Waals surface area contributed by atoms with Crippen LogP contribution in [0.5, 0.6) is 0 Å². The number of rotatable bonds is 8. The van der Waals surface area contributed by atoms with Crippen LogP contribution < -0.4 is 15.8 Å². The van der Waals surface area contributed by atoms with Crippen LogP contribution in [-0.2, 0) is 14.8 Å². The molecule has 0 heterocycles. The number of nitrogens with two attached hydrogens (primary N) is 1. The van der Waals surface area contributed by atoms with Crippen molar-refractivity contribution in [2.75, 3.05) is 11.9 Å². The van der Waals surface area contributed by atoms with Crippen LogP contribution in [0.3, 0.4) is 0 Å². The molecule has 0 fully saturated rings. The second-order valence-corrected chi connectivity index (χ2v) is 6.71. The quantitative estimate of drug-likeness (QED) is 0.676. The van der Waals surface area contributed by atoms with E-state index in [4.69, 9.17) is 5.73 Å². The number of carbonyl (C=O) groups excluding carboxylic acids is 1. The van der Waals surface area contributed by atoms with Crippen LogP contribution in [-0.4, -0.2) is 26.9 Å². The van der Waals surface area contributed by atoms with Crippen LogP contribution in [0.1, 0.15) is 33.1 Å². The van der Waals surface area contributed by atoms with E-state index in [0.717, 1.165) is 12.8 Å². The highest BCUT2D eigenvalue weighted by Crippen LogP contribution is 2.14. The SMILES string of the molecule is CCNS(=O)(=O)c1ccc(NC(=O)CCCC(C)N)cc1. The fourth-order valence-electron chi connectivity index (χ4n) is 1.80. The Morgan fingerprint density at radius 2 is 1.90 bits per heavy atom. The van der Waals surface area contributed by atoms with Gasteiger partial charge in [0.25, 0.3) is 0 Å². The van der Waals surface area contributed by atoms with Crippen molar-refractivity contribution in [3.05, 3.63) is 24.3 Å². The Hall–Kier alpha value is -1.44. The molecule has 0 aliphatic rings. The summed E-state index contributed by atoms with van der Waals surface area (Å²) in [7, 11) is -3.46. The fraction of sp³-hybridized carbons (Fsp3) is 0.500. The number of hydrogen-bond donors (Lipinski definition) is 3. The molecule has 0 saturated heterocycles. The number of anilines is 1. The lowest BCUT2D eigenvalue weighted by atomic mass is 10.1. The Kier molecular flexibility index (Phi) is 6.80. The van der Waals surface area contributed by atoms with Gasteiger partial charge < -0.3 is 11.1 Å². The van der Waals surface area contributed by atoms with Crippen LogP contribution in [0.2, 0.25) is 0 Å². The molecular formula is C14H23N3O3S. The van der Waals surface area contributed by atoms with Gasteiger partial charge in [0, 0.05) is 24.7 Å². The van der Waals surface area contributed by atoms with E-state index in [1.165, 1.54) is 12.1 Å². The summed E-state index contributed by atoms with van der Waals surface area (Å²) in [6.45, 7) is 3.95. The summed E-state index contributed by atoms with van der Waals surface area (Å²) < 4.78 is 25.9. The second-order valence-electron chi connectivity index (χ2n) is 4.94. The van der Waals surface area contributed by atoms with Gasteiger partial charge in [0.15, 0.2) is 0 Å². The van der Waals surface area contributed by atoms with E-state index in [1.54, 1.807) is 19.1 Å². The number of benzene rings is 1. The zero-order chi connectivity index (χ0) is 15.9. The monoisotopic (exact) mass is 313 g/mol. The Morgan fingerprint density at radius 3 is 2.43 bits per heavy atom. The Bertz CT molecular complexity index is 553. The summed E-state index contributed by atoms with van der Waals surface area (Å²) >= 11 is 0. The average Bonchev–Trinajstić information content (AvgIpc) is 2.38. The predicted molar refractivity (Wildman–Crippen MR) is 83.4 cm³/mol. The number of amides is 1. The molecule has 1 unspecified atom stereocenters. The minimum atomic E-state index is -3.46. The first-order chi connectivity index (χ1) is 9.85. The third-order valence-corrected chi connectivity index (χ3v) is 4.41. The molecule has 0 spiro atoms. The predicted octanol–water partition coefficient (Wildman–Crippen LogP) is 1.44. The Balaban J connectivity index is 2.57. The van der Waals surface area contributed by atoms with Crippen molar-refractivity contribution in [1.29, 1.82) is 0 Å². The molecule has 21 heavy (non-hydrogen) atoms. The van der Waals surface area contributed by atoms with Crippen molar-refractivity contribution >= 4 is 21.6 Å². The van der Waals surface area contributed by atoms with Crippen LogP contribution >= 0.6 is 0 Å². The fourth-order valence-corrected chi connectivity index (χ4v) is 2.84. The van der Waals surface area contributed by atoms with Crippen molar-refractivity contribution in [2.45, 2.75) is 44.0 Å². The normalized spacial score (nSPS) is 12.9. The largest absolute Gasteiger partial charge is 0.328 e. The van der Waals surface area contributed by atoms with Gasteiger partial charge in [-0.3, -0.25) is 4.79 Å². The van der Waals surface area contributed by atoms with Crippen molar-refractivity contribution in [2.24, 2.45) is 5.73 Å². The van der Waals surface area contributed by atoms with Gasteiger partial charge in [0.05, 0.1) is 4.90 Å². The second kappa shape index (κ2) is 8.11.